The highest BCUT2D eigenvalue weighted by Gasteiger charge is 2.11. The van der Waals surface area contributed by atoms with Crippen molar-refractivity contribution in [3.05, 3.63) is 78.6 Å². The quantitative estimate of drug-likeness (QED) is 0.613. The first-order valence-corrected chi connectivity index (χ1v) is 7.88. The van der Waals surface area contributed by atoms with Crippen molar-refractivity contribution in [2.24, 2.45) is 0 Å². The maximum Gasteiger partial charge on any atom is 0.230 e. The average Bonchev–Trinajstić information content (AvgIpc) is 2.69. The Hall–Kier alpha value is -3.31. The normalized spacial score (nSPS) is 10.8. The van der Waals surface area contributed by atoms with Crippen LogP contribution in [0.15, 0.2) is 73.1 Å². The van der Waals surface area contributed by atoms with Crippen LogP contribution in [-0.4, -0.2) is 20.1 Å². The summed E-state index contributed by atoms with van der Waals surface area (Å²) in [6, 6.07) is 18.7. The molecule has 0 radical (unpaired) electrons. The highest BCUT2D eigenvalue weighted by Crippen LogP contribution is 2.29. The lowest BCUT2D eigenvalue weighted by Crippen LogP contribution is -1.96. The summed E-state index contributed by atoms with van der Waals surface area (Å²) < 4.78 is 6.00. The second kappa shape index (κ2) is 6.67. The summed E-state index contributed by atoms with van der Waals surface area (Å²) >= 11 is 0. The molecule has 0 aliphatic carbocycles. The lowest BCUT2D eigenvalue weighted by atomic mass is 10.2. The maximum atomic E-state index is 9.15. The minimum absolute atomic E-state index is 0.00186. The van der Waals surface area contributed by atoms with Gasteiger partial charge in [-0.05, 0) is 42.0 Å². The third-order valence-corrected chi connectivity index (χ3v) is 3.81. The Bertz CT molecular complexity index is 1000. The number of aliphatic hydroxyl groups excluding tert-OH is 1. The van der Waals surface area contributed by atoms with Crippen molar-refractivity contribution in [3.8, 4) is 23.0 Å². The lowest BCUT2D eigenvalue weighted by molar-refractivity contribution is 0.281. The van der Waals surface area contributed by atoms with E-state index in [4.69, 9.17) is 9.84 Å². The molecule has 2 aromatic heterocycles. The number of nitrogens with zero attached hydrogens (tertiary/aromatic N) is 3. The van der Waals surface area contributed by atoms with E-state index in [0.717, 1.165) is 22.0 Å². The molecule has 0 aliphatic heterocycles. The topological polar surface area (TPSA) is 68.1 Å². The fourth-order valence-electron chi connectivity index (χ4n) is 2.52. The number of benzene rings is 2. The van der Waals surface area contributed by atoms with Gasteiger partial charge in [0, 0.05) is 18.0 Å². The molecule has 0 fully saturated rings. The van der Waals surface area contributed by atoms with Crippen molar-refractivity contribution >= 4 is 10.9 Å². The van der Waals surface area contributed by atoms with E-state index in [1.165, 1.54) is 0 Å². The van der Waals surface area contributed by atoms with Gasteiger partial charge in [-0.2, -0.15) is 4.98 Å². The molecule has 0 bridgehead atoms. The van der Waals surface area contributed by atoms with E-state index in [0.29, 0.717) is 17.5 Å². The van der Waals surface area contributed by atoms with Crippen molar-refractivity contribution in [2.45, 2.75) is 6.61 Å². The molecule has 1 N–H and O–H groups in total. The summed E-state index contributed by atoms with van der Waals surface area (Å²) in [6.07, 6.45) is 3.44. The summed E-state index contributed by atoms with van der Waals surface area (Å²) in [6.45, 7) is 0.00186. The van der Waals surface area contributed by atoms with Crippen LogP contribution in [0.1, 0.15) is 5.56 Å². The Kier molecular flexibility index (Phi) is 4.06. The van der Waals surface area contributed by atoms with Crippen LogP contribution in [0.3, 0.4) is 0 Å². The zero-order valence-corrected chi connectivity index (χ0v) is 13.3. The van der Waals surface area contributed by atoms with Crippen LogP contribution >= 0.6 is 0 Å². The van der Waals surface area contributed by atoms with Gasteiger partial charge < -0.3 is 9.84 Å². The molecule has 0 aliphatic rings. The fourth-order valence-corrected chi connectivity index (χ4v) is 2.52. The number of para-hydroxylation sites is 1. The van der Waals surface area contributed by atoms with Gasteiger partial charge in [0.15, 0.2) is 5.82 Å². The predicted octanol–water partition coefficient (Wildman–Crippen LogP) is 3.98. The van der Waals surface area contributed by atoms with E-state index in [2.05, 4.69) is 15.0 Å². The number of hydrogen-bond acceptors (Lipinski definition) is 5. The minimum atomic E-state index is 0.00186. The van der Waals surface area contributed by atoms with E-state index >= 15 is 0 Å². The molecule has 2 heterocycles. The van der Waals surface area contributed by atoms with E-state index in [9.17, 15) is 0 Å². The Morgan fingerprint density at radius 3 is 2.48 bits per heavy atom. The molecule has 0 saturated carbocycles. The molecule has 5 nitrogen and oxygen atoms in total. The number of ether oxygens (including phenoxy) is 1. The molecule has 25 heavy (non-hydrogen) atoms. The molecule has 0 amide bonds. The van der Waals surface area contributed by atoms with Gasteiger partial charge in [0.05, 0.1) is 17.5 Å². The van der Waals surface area contributed by atoms with Crippen LogP contribution in [0.4, 0.5) is 0 Å². The van der Waals surface area contributed by atoms with Crippen molar-refractivity contribution in [3.63, 3.8) is 0 Å². The van der Waals surface area contributed by atoms with Gasteiger partial charge in [-0.1, -0.05) is 24.3 Å². The molecule has 4 aromatic rings. The van der Waals surface area contributed by atoms with Crippen LogP contribution in [0.5, 0.6) is 11.6 Å². The van der Waals surface area contributed by atoms with E-state index in [-0.39, 0.29) is 6.61 Å². The molecular weight excluding hydrogens is 314 g/mol. The number of pyridine rings is 1. The van der Waals surface area contributed by atoms with Crippen LogP contribution in [-0.2, 0) is 6.61 Å². The highest BCUT2D eigenvalue weighted by molar-refractivity contribution is 5.85. The predicted molar refractivity (Wildman–Crippen MR) is 95.2 cm³/mol. The van der Waals surface area contributed by atoms with Gasteiger partial charge in [-0.3, -0.25) is 4.98 Å². The smallest absolute Gasteiger partial charge is 0.230 e. The largest absolute Gasteiger partial charge is 0.438 e. The lowest BCUT2D eigenvalue weighted by Gasteiger charge is -2.10. The number of aromatic nitrogens is 3. The Labute approximate surface area is 144 Å². The van der Waals surface area contributed by atoms with E-state index in [1.807, 2.05) is 60.7 Å². The van der Waals surface area contributed by atoms with Gasteiger partial charge in [-0.15, -0.1) is 0 Å². The molecule has 0 saturated heterocycles. The number of rotatable bonds is 4. The number of hydrogen-bond donors (Lipinski definition) is 1. The molecular formula is C20H15N3O2. The fraction of sp³-hybridized carbons (Fsp3) is 0.0500. The van der Waals surface area contributed by atoms with Gasteiger partial charge in [-0.25, -0.2) is 4.98 Å². The van der Waals surface area contributed by atoms with Crippen molar-refractivity contribution in [1.82, 2.24) is 15.0 Å². The minimum Gasteiger partial charge on any atom is -0.438 e. The SMILES string of the molecule is OCc1ccc(Oc2nc(-c3cccnc3)nc3ccccc23)cc1. The monoisotopic (exact) mass is 329 g/mol. The average molecular weight is 329 g/mol. The van der Waals surface area contributed by atoms with Crippen LogP contribution in [0, 0.1) is 0 Å². The molecule has 0 unspecified atom stereocenters. The van der Waals surface area contributed by atoms with Crippen molar-refractivity contribution < 1.29 is 9.84 Å². The first kappa shape index (κ1) is 15.2. The summed E-state index contributed by atoms with van der Waals surface area (Å²) in [5.41, 5.74) is 2.46. The first-order valence-electron chi connectivity index (χ1n) is 7.88. The molecule has 5 heteroatoms. The maximum absolute atomic E-state index is 9.15. The third kappa shape index (κ3) is 3.18. The van der Waals surface area contributed by atoms with Gasteiger partial charge >= 0.3 is 0 Å². The third-order valence-electron chi connectivity index (χ3n) is 3.81. The molecule has 4 rings (SSSR count). The van der Waals surface area contributed by atoms with E-state index in [1.54, 1.807) is 12.4 Å². The Morgan fingerprint density at radius 2 is 1.72 bits per heavy atom. The summed E-state index contributed by atoms with van der Waals surface area (Å²) in [4.78, 5) is 13.3. The first-order chi connectivity index (χ1) is 12.3. The standard InChI is InChI=1S/C20H15N3O2/c24-13-14-7-9-16(10-8-14)25-20-17-5-1-2-6-18(17)22-19(23-20)15-4-3-11-21-12-15/h1-12,24H,13H2. The summed E-state index contributed by atoms with van der Waals surface area (Å²) in [5, 5.41) is 9.99. The second-order valence-corrected chi connectivity index (χ2v) is 5.52. The highest BCUT2D eigenvalue weighted by atomic mass is 16.5. The van der Waals surface area contributed by atoms with Gasteiger partial charge in [0.2, 0.25) is 5.88 Å². The second-order valence-electron chi connectivity index (χ2n) is 5.52. The zero-order valence-electron chi connectivity index (χ0n) is 13.3. The van der Waals surface area contributed by atoms with Crippen LogP contribution < -0.4 is 4.74 Å². The number of aliphatic hydroxyl groups is 1. The summed E-state index contributed by atoms with van der Waals surface area (Å²) in [5.74, 6) is 1.70. The van der Waals surface area contributed by atoms with Gasteiger partial charge in [0.1, 0.15) is 5.75 Å². The van der Waals surface area contributed by atoms with Crippen LogP contribution in [0.2, 0.25) is 0 Å². The van der Waals surface area contributed by atoms with Crippen LogP contribution in [0.25, 0.3) is 22.3 Å². The summed E-state index contributed by atoms with van der Waals surface area (Å²) in [7, 11) is 0. The number of fused-ring (bicyclic) bond motifs is 1. The van der Waals surface area contributed by atoms with Crippen molar-refractivity contribution in [1.29, 1.82) is 0 Å². The Morgan fingerprint density at radius 1 is 0.880 bits per heavy atom. The Balaban J connectivity index is 1.80. The van der Waals surface area contributed by atoms with Crippen molar-refractivity contribution in [2.75, 3.05) is 0 Å². The molecule has 2 aromatic carbocycles. The van der Waals surface area contributed by atoms with E-state index < -0.39 is 0 Å². The van der Waals surface area contributed by atoms with Gasteiger partial charge in [0.25, 0.3) is 0 Å². The molecule has 122 valence electrons. The zero-order chi connectivity index (χ0) is 17.1. The molecule has 0 atom stereocenters. The molecule has 0 spiro atoms.